The van der Waals surface area contributed by atoms with Gasteiger partial charge >= 0.3 is 5.97 Å². The quantitative estimate of drug-likeness (QED) is 0.107. The van der Waals surface area contributed by atoms with Gasteiger partial charge in [0, 0.05) is 16.2 Å². The number of fused-ring (bicyclic) bond motifs is 6. The first-order chi connectivity index (χ1) is 25.6. The molecule has 5 aliphatic carbocycles. The van der Waals surface area contributed by atoms with Crippen molar-refractivity contribution >= 4 is 5.97 Å². The van der Waals surface area contributed by atoms with E-state index in [1.807, 2.05) is 6.92 Å². The molecular weight excluding hydrogens is 716 g/mol. The number of rotatable bonds is 10. The number of aliphatic hydroxyl groups excluding tert-OH is 10. The zero-order valence-electron chi connectivity index (χ0n) is 33.2. The molecule has 314 valence electrons. The summed E-state index contributed by atoms with van der Waals surface area (Å²) in [6, 6.07) is 0. The summed E-state index contributed by atoms with van der Waals surface area (Å²) in [5, 5.41) is 105. The van der Waals surface area contributed by atoms with Crippen LogP contribution in [0.15, 0.2) is 23.3 Å². The van der Waals surface area contributed by atoms with E-state index in [9.17, 15) is 50.8 Å². The molecule has 0 aromatic rings. The van der Waals surface area contributed by atoms with Gasteiger partial charge in [0.2, 0.25) is 0 Å². The van der Waals surface area contributed by atoms with Crippen LogP contribution >= 0.6 is 0 Å². The Morgan fingerprint density at radius 3 is 2.22 bits per heavy atom. The fourth-order valence-corrected chi connectivity index (χ4v) is 12.4. The molecule has 4 fully saturated rings. The Balaban J connectivity index is 1.31. The van der Waals surface area contributed by atoms with Gasteiger partial charge in [0.15, 0.2) is 6.29 Å². The Bertz CT molecular complexity index is 1500. The molecule has 0 bridgehead atoms. The van der Waals surface area contributed by atoms with E-state index in [1.54, 1.807) is 13.8 Å². The maximum absolute atomic E-state index is 13.7. The summed E-state index contributed by atoms with van der Waals surface area (Å²) in [5.41, 5.74) is -2.18. The van der Waals surface area contributed by atoms with Crippen molar-refractivity contribution in [3.63, 3.8) is 0 Å². The minimum absolute atomic E-state index is 0.0110. The van der Waals surface area contributed by atoms with Crippen LogP contribution in [0.5, 0.6) is 0 Å². The molecule has 6 rings (SSSR count). The van der Waals surface area contributed by atoms with Crippen molar-refractivity contribution in [1.82, 2.24) is 0 Å². The molecule has 0 spiro atoms. The van der Waals surface area contributed by atoms with Gasteiger partial charge in [-0.1, -0.05) is 45.4 Å². The number of allylic oxidation sites excluding steroid dienone is 3. The third-order valence-corrected chi connectivity index (χ3v) is 16.4. The molecule has 1 heterocycles. The minimum atomic E-state index is -1.71. The van der Waals surface area contributed by atoms with Crippen molar-refractivity contribution in [2.24, 2.45) is 44.3 Å². The SMILES string of the molecule is C[C@@H]1O[C@@H](O[C@H]2CC[C@@]3(C)C(CC[C@]4(C)C3C=CC3=C5C[C@@](C)(C(=O)OCC(O)C(O)C(O)CO)CC[C@]5(CO)[C@H](O)C[C@]34C)[C@]2(C)CO)[C@H](O)[C@H](O)[C@@H]1O. The molecule has 6 aliphatic rings. The number of hydrogen-bond acceptors (Lipinski definition) is 14. The number of hydrogen-bond donors (Lipinski definition) is 10. The molecule has 0 aromatic carbocycles. The molecule has 10 N–H and O–H groups in total. The number of carbonyl (C=O) groups excluding carboxylic acids is 1. The zero-order chi connectivity index (χ0) is 40.7. The van der Waals surface area contributed by atoms with E-state index in [0.29, 0.717) is 25.7 Å². The summed E-state index contributed by atoms with van der Waals surface area (Å²) < 4.78 is 17.7. The third kappa shape index (κ3) is 6.40. The van der Waals surface area contributed by atoms with Gasteiger partial charge in [0.05, 0.1) is 43.5 Å². The van der Waals surface area contributed by atoms with Crippen molar-refractivity contribution < 1.29 is 70.1 Å². The lowest BCUT2D eigenvalue weighted by molar-refractivity contribution is -0.327. The van der Waals surface area contributed by atoms with Crippen LogP contribution in [0.4, 0.5) is 0 Å². The van der Waals surface area contributed by atoms with E-state index in [2.05, 4.69) is 32.9 Å². The number of carbonyl (C=O) groups is 1. The number of aliphatic hydroxyl groups is 10. The van der Waals surface area contributed by atoms with Crippen LogP contribution < -0.4 is 0 Å². The second kappa shape index (κ2) is 14.9. The van der Waals surface area contributed by atoms with E-state index in [-0.39, 0.29) is 42.3 Å². The van der Waals surface area contributed by atoms with Crippen LogP contribution in [0, 0.1) is 44.3 Å². The summed E-state index contributed by atoms with van der Waals surface area (Å²) >= 11 is 0. The van der Waals surface area contributed by atoms with Crippen molar-refractivity contribution in [3.05, 3.63) is 23.3 Å². The average Bonchev–Trinajstić information content (AvgIpc) is 3.15. The van der Waals surface area contributed by atoms with Crippen LogP contribution in [0.1, 0.15) is 92.9 Å². The van der Waals surface area contributed by atoms with Crippen LogP contribution in [-0.2, 0) is 19.0 Å². The average molecular weight is 783 g/mol. The first-order valence-corrected chi connectivity index (χ1v) is 20.1. The van der Waals surface area contributed by atoms with Crippen LogP contribution in [0.2, 0.25) is 0 Å². The largest absolute Gasteiger partial charge is 0.462 e. The van der Waals surface area contributed by atoms with Crippen LogP contribution in [-0.4, -0.2) is 145 Å². The molecule has 14 nitrogen and oxygen atoms in total. The maximum atomic E-state index is 13.7. The highest BCUT2D eigenvalue weighted by Gasteiger charge is 2.69. The van der Waals surface area contributed by atoms with Crippen molar-refractivity contribution in [3.8, 4) is 0 Å². The Morgan fingerprint density at radius 1 is 0.891 bits per heavy atom. The van der Waals surface area contributed by atoms with Gasteiger partial charge in [0.1, 0.15) is 43.2 Å². The summed E-state index contributed by atoms with van der Waals surface area (Å²) in [6.45, 7) is 10.3. The second-order valence-electron chi connectivity index (χ2n) is 19.3. The lowest BCUT2D eigenvalue weighted by Crippen LogP contribution is -2.66. The maximum Gasteiger partial charge on any atom is 0.312 e. The van der Waals surface area contributed by atoms with Crippen molar-refractivity contribution in [2.75, 3.05) is 26.4 Å². The minimum Gasteiger partial charge on any atom is -0.462 e. The van der Waals surface area contributed by atoms with E-state index >= 15 is 0 Å². The Hall–Kier alpha value is -1.53. The fourth-order valence-electron chi connectivity index (χ4n) is 12.4. The zero-order valence-corrected chi connectivity index (χ0v) is 33.2. The summed E-state index contributed by atoms with van der Waals surface area (Å²) in [6.07, 6.45) is -3.95. The molecule has 0 aromatic heterocycles. The van der Waals surface area contributed by atoms with Gasteiger partial charge in [-0.05, 0) is 93.5 Å². The van der Waals surface area contributed by atoms with Crippen LogP contribution in [0.25, 0.3) is 0 Å². The molecule has 3 saturated carbocycles. The molecule has 0 radical (unpaired) electrons. The molecule has 5 unspecified atom stereocenters. The normalized spacial score (nSPS) is 49.9. The lowest BCUT2D eigenvalue weighted by atomic mass is 9.35. The predicted octanol–water partition coefficient (Wildman–Crippen LogP) is 0.455. The van der Waals surface area contributed by atoms with E-state index in [0.717, 1.165) is 30.4 Å². The molecule has 55 heavy (non-hydrogen) atoms. The van der Waals surface area contributed by atoms with Gasteiger partial charge in [-0.2, -0.15) is 0 Å². The molecule has 14 heteroatoms. The highest BCUT2D eigenvalue weighted by molar-refractivity contribution is 5.77. The molecule has 18 atom stereocenters. The highest BCUT2D eigenvalue weighted by atomic mass is 16.7. The summed E-state index contributed by atoms with van der Waals surface area (Å²) in [7, 11) is 0. The van der Waals surface area contributed by atoms with Gasteiger partial charge in [0.25, 0.3) is 0 Å². The Morgan fingerprint density at radius 2 is 1.58 bits per heavy atom. The number of ether oxygens (including phenoxy) is 3. The van der Waals surface area contributed by atoms with Crippen molar-refractivity contribution in [2.45, 2.75) is 154 Å². The molecular formula is C41H66O14. The van der Waals surface area contributed by atoms with Gasteiger partial charge in [-0.15, -0.1) is 0 Å². The number of esters is 1. The smallest absolute Gasteiger partial charge is 0.312 e. The summed E-state index contributed by atoms with van der Waals surface area (Å²) in [4.78, 5) is 13.7. The lowest BCUT2D eigenvalue weighted by Gasteiger charge is -2.70. The van der Waals surface area contributed by atoms with E-state index in [1.165, 1.54) is 0 Å². The predicted molar refractivity (Wildman–Crippen MR) is 197 cm³/mol. The van der Waals surface area contributed by atoms with Gasteiger partial charge < -0.3 is 65.3 Å². The third-order valence-electron chi connectivity index (χ3n) is 16.4. The van der Waals surface area contributed by atoms with Gasteiger partial charge in [-0.3, -0.25) is 4.79 Å². The van der Waals surface area contributed by atoms with Gasteiger partial charge in [-0.25, -0.2) is 0 Å². The molecule has 0 amide bonds. The fraction of sp³-hybridized carbons (Fsp3) is 0.878. The van der Waals surface area contributed by atoms with Crippen molar-refractivity contribution in [1.29, 1.82) is 0 Å². The molecule has 1 aliphatic heterocycles. The topological polar surface area (TPSA) is 247 Å². The van der Waals surface area contributed by atoms with E-state index < -0.39 is 102 Å². The second-order valence-corrected chi connectivity index (χ2v) is 19.3. The monoisotopic (exact) mass is 782 g/mol. The van der Waals surface area contributed by atoms with E-state index in [4.69, 9.17) is 19.3 Å². The first kappa shape index (κ1) is 43.1. The highest BCUT2D eigenvalue weighted by Crippen LogP contribution is 2.74. The Kier molecular flexibility index (Phi) is 11.7. The Labute approximate surface area is 323 Å². The summed E-state index contributed by atoms with van der Waals surface area (Å²) in [5.74, 6) is -0.600. The van der Waals surface area contributed by atoms with Crippen LogP contribution in [0.3, 0.4) is 0 Å². The molecule has 1 saturated heterocycles. The standard InChI is InChI=1S/C41H66O14/c1-21-30(48)32(50)33(51)34(54-21)55-29-10-11-37(3)26(38(29,4)19-43)9-12-39(5)27(37)8-7-22-23-15-36(2,35(52)53-18-25(46)31(49)24(45)17-42)13-14-41(23,20-44)28(47)16-40(22,39)6/h7-8,21,24-34,42-51H,9-20H2,1-6H3/t21-,24?,25?,26?,27?,28+,29-,30+,31?,32+,33+,34-,36-,37-,38-,39+,40+,41+/m0/s1. The first-order valence-electron chi connectivity index (χ1n) is 20.1.